The minimum atomic E-state index is -0.0142. The molecule has 47 heavy (non-hydrogen) atoms. The average Bonchev–Trinajstić information content (AvgIpc) is 3.80. The van der Waals surface area contributed by atoms with E-state index in [2.05, 4.69) is 161 Å². The van der Waals surface area contributed by atoms with Gasteiger partial charge >= 0.3 is 6.85 Å². The van der Waals surface area contributed by atoms with Gasteiger partial charge in [-0.1, -0.05) is 118 Å². The summed E-state index contributed by atoms with van der Waals surface area (Å²) in [5.41, 5.74) is 13.6. The zero-order valence-electron chi connectivity index (χ0n) is 24.9. The molecule has 0 aliphatic carbocycles. The Morgan fingerprint density at radius 3 is 2.00 bits per heavy atom. The van der Waals surface area contributed by atoms with Crippen LogP contribution in [0.15, 0.2) is 140 Å². The largest absolute Gasteiger partial charge is 0.500 e. The molecule has 0 fully saturated rings. The maximum atomic E-state index is 5.00. The van der Waals surface area contributed by atoms with E-state index in [0.29, 0.717) is 0 Å². The molecule has 0 saturated carbocycles. The minimum Gasteiger partial charge on any atom is -0.500 e. The van der Waals surface area contributed by atoms with Gasteiger partial charge in [0.1, 0.15) is 0 Å². The van der Waals surface area contributed by atoms with Gasteiger partial charge < -0.3 is 14.6 Å². The summed E-state index contributed by atoms with van der Waals surface area (Å²) in [7, 11) is 0. The number of hydrogen-bond acceptors (Lipinski definition) is 5. The summed E-state index contributed by atoms with van der Waals surface area (Å²) >= 11 is 1.72. The summed E-state index contributed by atoms with van der Waals surface area (Å²) in [6, 6.07) is 53.0. The second-order valence-corrected chi connectivity index (χ2v) is 12.8. The number of anilines is 4. The van der Waals surface area contributed by atoms with Crippen LogP contribution >= 0.6 is 11.3 Å². The first-order chi connectivity index (χ1) is 22.8. The van der Waals surface area contributed by atoms with Crippen molar-refractivity contribution in [2.45, 2.75) is 0 Å². The molecule has 7 heteroatoms. The van der Waals surface area contributed by atoms with Crippen molar-refractivity contribution in [1.29, 1.82) is 0 Å². The van der Waals surface area contributed by atoms with Gasteiger partial charge in [0.05, 0.1) is 5.52 Å². The van der Waals surface area contributed by atoms with Crippen molar-refractivity contribution in [2.75, 3.05) is 14.6 Å². The molecular formula is C40H24BN4PtS-3. The number of rotatable bonds is 3. The third-order valence-corrected chi connectivity index (χ3v) is 10.2. The Balaban J connectivity index is 0.00000302. The molecule has 3 aliphatic rings. The fraction of sp³-hybridized carbons (Fsp3) is 0. The summed E-state index contributed by atoms with van der Waals surface area (Å²) in [6.07, 6.45) is 4.18. The second kappa shape index (κ2) is 11.1. The summed E-state index contributed by atoms with van der Waals surface area (Å²) in [6.45, 7) is 2.10. The molecule has 6 aromatic carbocycles. The summed E-state index contributed by atoms with van der Waals surface area (Å²) in [4.78, 5) is 11.7. The van der Waals surface area contributed by atoms with Gasteiger partial charge in [0.2, 0.25) is 0 Å². The van der Waals surface area contributed by atoms with Gasteiger partial charge in [-0.2, -0.15) is 17.4 Å². The molecule has 4 nitrogen and oxygen atoms in total. The quantitative estimate of drug-likeness (QED) is 0.133. The van der Waals surface area contributed by atoms with Crippen molar-refractivity contribution in [3.8, 4) is 32.8 Å². The Morgan fingerprint density at radius 2 is 1.23 bits per heavy atom. The van der Waals surface area contributed by atoms with Crippen LogP contribution in [-0.2, 0) is 21.1 Å². The van der Waals surface area contributed by atoms with Crippen LogP contribution in [0.4, 0.5) is 22.7 Å². The molecule has 0 saturated heterocycles. The topological polar surface area (TPSA) is 22.6 Å². The molecule has 10 rings (SSSR count). The van der Waals surface area contributed by atoms with E-state index in [1.807, 2.05) is 12.1 Å². The van der Waals surface area contributed by atoms with E-state index < -0.39 is 0 Å². The molecule has 1 aromatic heterocycles. The molecule has 4 heterocycles. The Kier molecular flexibility index (Phi) is 6.70. The third-order valence-electron chi connectivity index (χ3n) is 9.16. The molecular weight excluding hydrogens is 774 g/mol. The molecule has 0 unspecified atom stereocenters. The van der Waals surface area contributed by atoms with Crippen LogP contribution in [0, 0.1) is 18.8 Å². The Bertz CT molecular complexity index is 2320. The second-order valence-electron chi connectivity index (χ2n) is 11.7. The first-order valence-electron chi connectivity index (χ1n) is 15.4. The number of hydrogen-bond donors (Lipinski definition) is 0. The van der Waals surface area contributed by atoms with Gasteiger partial charge in [0.25, 0.3) is 0 Å². The summed E-state index contributed by atoms with van der Waals surface area (Å²) in [5, 5.41) is 0.979. The normalized spacial score (nSPS) is 13.9. The number of benzene rings is 6. The van der Waals surface area contributed by atoms with Crippen LogP contribution in [0.5, 0.6) is 0 Å². The first kappa shape index (κ1) is 28.3. The molecule has 0 atom stereocenters. The van der Waals surface area contributed by atoms with Crippen molar-refractivity contribution in [2.24, 2.45) is 0 Å². The molecule has 0 bridgehead atoms. The van der Waals surface area contributed by atoms with Gasteiger partial charge in [-0.05, 0) is 36.7 Å². The van der Waals surface area contributed by atoms with E-state index >= 15 is 0 Å². The molecule has 0 radical (unpaired) electrons. The fourth-order valence-corrected chi connectivity index (χ4v) is 8.00. The van der Waals surface area contributed by atoms with Gasteiger partial charge in [-0.25, -0.2) is 0 Å². The van der Waals surface area contributed by atoms with E-state index in [-0.39, 0.29) is 27.9 Å². The number of para-hydroxylation sites is 2. The van der Waals surface area contributed by atoms with Gasteiger partial charge in [-0.15, -0.1) is 53.8 Å². The van der Waals surface area contributed by atoms with Crippen molar-refractivity contribution in [3.63, 3.8) is 0 Å². The minimum absolute atomic E-state index is 0. The SMILES string of the molecule is [Pt].[c-]1c(-c2nc3ccccc3s2)ccc2c1N1B(c3ccccc3-2)c2ccccc2-c2ccc(N3C=CN(c4ccccc4)[CH-]3)[c-]c21. The number of nitrogens with zero attached hydrogens (tertiary/aromatic N) is 4. The van der Waals surface area contributed by atoms with Crippen LogP contribution in [0.3, 0.4) is 0 Å². The summed E-state index contributed by atoms with van der Waals surface area (Å²) < 4.78 is 1.18. The zero-order valence-corrected chi connectivity index (χ0v) is 28.0. The molecule has 0 spiro atoms. The monoisotopic (exact) mass is 798 g/mol. The van der Waals surface area contributed by atoms with E-state index in [1.165, 1.54) is 37.9 Å². The van der Waals surface area contributed by atoms with E-state index in [9.17, 15) is 0 Å². The molecule has 3 aliphatic heterocycles. The van der Waals surface area contributed by atoms with Gasteiger partial charge in [0.15, 0.2) is 0 Å². The van der Waals surface area contributed by atoms with Crippen LogP contribution in [-0.4, -0.2) is 11.8 Å². The molecule has 7 aromatic rings. The number of aromatic nitrogens is 1. The summed E-state index contributed by atoms with van der Waals surface area (Å²) in [5.74, 6) is 0. The molecule has 0 amide bonds. The fourth-order valence-electron chi connectivity index (χ4n) is 7.06. The first-order valence-corrected chi connectivity index (χ1v) is 16.2. The van der Waals surface area contributed by atoms with Crippen molar-refractivity contribution in [1.82, 2.24) is 4.98 Å². The smallest absolute Gasteiger partial charge is 0.324 e. The number of fused-ring (bicyclic) bond motifs is 12. The standard InChI is InChI=1S/C40H24BN4S.Pt/c1-2-10-28(11-3-1)43-22-23-44(26-43)29-19-21-33-31-13-5-7-15-35(31)41-34-14-6-4-12-30(34)32-20-18-27(24-37(32)45(41)38(33)25-29)40-42-36-16-8-9-17-39(36)46-40;/h1-23,26H;/q-3;. The van der Waals surface area contributed by atoms with E-state index in [4.69, 9.17) is 4.98 Å². The van der Waals surface area contributed by atoms with Crippen LogP contribution < -0.4 is 25.5 Å². The maximum absolute atomic E-state index is 5.00. The third kappa shape index (κ3) is 4.43. The zero-order chi connectivity index (χ0) is 30.2. The Morgan fingerprint density at radius 1 is 0.596 bits per heavy atom. The van der Waals surface area contributed by atoms with Crippen LogP contribution in [0.2, 0.25) is 0 Å². The predicted octanol–water partition coefficient (Wildman–Crippen LogP) is 8.38. The van der Waals surface area contributed by atoms with Crippen molar-refractivity contribution >= 4 is 62.1 Å². The Hall–Kier alpha value is -4.90. The van der Waals surface area contributed by atoms with Crippen LogP contribution in [0.1, 0.15) is 0 Å². The number of thiazole rings is 1. The van der Waals surface area contributed by atoms with Crippen molar-refractivity contribution in [3.05, 3.63) is 159 Å². The van der Waals surface area contributed by atoms with Crippen LogP contribution in [0.25, 0.3) is 43.0 Å². The molecule has 0 N–H and O–H groups in total. The van der Waals surface area contributed by atoms with E-state index in [1.54, 1.807) is 11.3 Å². The van der Waals surface area contributed by atoms with Gasteiger partial charge in [0, 0.05) is 36.5 Å². The molecule has 226 valence electrons. The van der Waals surface area contributed by atoms with Crippen molar-refractivity contribution < 1.29 is 21.1 Å². The maximum Gasteiger partial charge on any atom is 0.324 e. The van der Waals surface area contributed by atoms with E-state index in [0.717, 1.165) is 38.8 Å². The van der Waals surface area contributed by atoms with Gasteiger partial charge in [-0.3, -0.25) is 4.98 Å². The Labute approximate surface area is 292 Å². The average molecular weight is 799 g/mol. The predicted molar refractivity (Wildman–Crippen MR) is 192 cm³/mol.